The zero-order valence-electron chi connectivity index (χ0n) is 17.1. The van der Waals surface area contributed by atoms with E-state index in [4.69, 9.17) is 13.8 Å². The predicted octanol–water partition coefficient (Wildman–Crippen LogP) is 3.78. The average molecular weight is 423 g/mol. The third-order valence-electron chi connectivity index (χ3n) is 3.38. The molecule has 0 amide bonds. The number of aliphatic hydroxyl groups excluding tert-OH is 1. The van der Waals surface area contributed by atoms with Crippen molar-refractivity contribution in [2.24, 2.45) is 0 Å². The topological polar surface area (TPSA) is 60.0 Å². The molecule has 2 N–H and O–H groups in total. The standard InChI is InChI=1S/C18H36NO4P3/c1-14(13-20)21-18-9-8-16(22-25(3)4)10-15(18)11-17(12-19-24-2)23-26(5,6)7/h8-10,14,17,19-20,24,26H,11-13H2,1-7H3/t14-,17?/m1/s1. The molecule has 26 heavy (non-hydrogen) atoms. The number of ether oxygens (including phenoxy) is 1. The van der Waals surface area contributed by atoms with Crippen molar-refractivity contribution in [2.45, 2.75) is 25.6 Å². The zero-order chi connectivity index (χ0) is 19.7. The Kier molecular flexibility index (Phi) is 10.9. The van der Waals surface area contributed by atoms with Crippen LogP contribution in [0.4, 0.5) is 0 Å². The van der Waals surface area contributed by atoms with E-state index < -0.39 is 15.6 Å². The Balaban J connectivity index is 3.07. The first-order valence-corrected chi connectivity index (χ1v) is 16.0. The third kappa shape index (κ3) is 9.79. The first-order valence-electron chi connectivity index (χ1n) is 8.97. The SMILES string of the molecule is CPNCC(Cc1cc(OP(C)C)ccc1O[C@H](C)CO)O[PH](C)(C)C. The van der Waals surface area contributed by atoms with Crippen LogP contribution in [0.15, 0.2) is 18.2 Å². The molecule has 0 saturated heterocycles. The minimum absolute atomic E-state index is 0.0136. The van der Waals surface area contributed by atoms with Gasteiger partial charge in [-0.3, -0.25) is 0 Å². The summed E-state index contributed by atoms with van der Waals surface area (Å²) in [6.45, 7) is 15.6. The summed E-state index contributed by atoms with van der Waals surface area (Å²) >= 11 is 0. The molecule has 2 unspecified atom stereocenters. The molecule has 0 aliphatic rings. The first kappa shape index (κ1) is 24.0. The summed E-state index contributed by atoms with van der Waals surface area (Å²) in [5.74, 6) is 1.65. The molecule has 0 radical (unpaired) electrons. The van der Waals surface area contributed by atoms with Crippen molar-refractivity contribution in [3.05, 3.63) is 23.8 Å². The molecule has 1 aromatic rings. The molecular formula is C18H36NO4P3. The molecule has 1 rings (SSSR count). The van der Waals surface area contributed by atoms with Crippen LogP contribution in [0, 0.1) is 0 Å². The Morgan fingerprint density at radius 1 is 1.27 bits per heavy atom. The zero-order valence-corrected chi connectivity index (χ0v) is 20.0. The van der Waals surface area contributed by atoms with Crippen molar-refractivity contribution in [3.63, 3.8) is 0 Å². The number of benzene rings is 1. The molecule has 0 aromatic heterocycles. The Morgan fingerprint density at radius 3 is 2.50 bits per heavy atom. The molecule has 0 aliphatic carbocycles. The van der Waals surface area contributed by atoms with Gasteiger partial charge in [0.15, 0.2) is 0 Å². The quantitative estimate of drug-likeness (QED) is 0.501. The van der Waals surface area contributed by atoms with Crippen molar-refractivity contribution in [3.8, 4) is 11.5 Å². The van der Waals surface area contributed by atoms with E-state index in [1.165, 1.54) is 0 Å². The Morgan fingerprint density at radius 2 is 1.96 bits per heavy atom. The van der Waals surface area contributed by atoms with Crippen molar-refractivity contribution < 1.29 is 18.9 Å². The second kappa shape index (κ2) is 11.7. The third-order valence-corrected chi connectivity index (χ3v) is 5.55. The molecule has 0 spiro atoms. The number of nitrogens with one attached hydrogen (secondary N) is 1. The van der Waals surface area contributed by atoms with Gasteiger partial charge < -0.3 is 0 Å². The molecule has 0 fully saturated rings. The predicted molar refractivity (Wildman–Crippen MR) is 120 cm³/mol. The number of hydrogen-bond donors (Lipinski definition) is 2. The monoisotopic (exact) mass is 423 g/mol. The van der Waals surface area contributed by atoms with Crippen LogP contribution >= 0.6 is 24.4 Å². The van der Waals surface area contributed by atoms with Crippen molar-refractivity contribution in [1.82, 2.24) is 5.09 Å². The van der Waals surface area contributed by atoms with Gasteiger partial charge in [0.05, 0.1) is 0 Å². The Hall–Kier alpha value is -0.0100. The van der Waals surface area contributed by atoms with E-state index in [1.807, 2.05) is 19.1 Å². The molecule has 8 heteroatoms. The van der Waals surface area contributed by atoms with Gasteiger partial charge >= 0.3 is 162 Å². The van der Waals surface area contributed by atoms with Gasteiger partial charge in [0.25, 0.3) is 0 Å². The van der Waals surface area contributed by atoms with Gasteiger partial charge in [0.1, 0.15) is 0 Å². The van der Waals surface area contributed by atoms with E-state index in [9.17, 15) is 5.11 Å². The maximum atomic E-state index is 9.34. The molecular weight excluding hydrogens is 387 g/mol. The van der Waals surface area contributed by atoms with Crippen LogP contribution < -0.4 is 14.3 Å². The summed E-state index contributed by atoms with van der Waals surface area (Å²) in [6.07, 6.45) is 0.583. The first-order chi connectivity index (χ1) is 12.1. The summed E-state index contributed by atoms with van der Waals surface area (Å²) in [4.78, 5) is 0. The molecule has 0 saturated carbocycles. The van der Waals surface area contributed by atoms with Gasteiger partial charge in [-0.05, 0) is 0 Å². The van der Waals surface area contributed by atoms with E-state index in [1.54, 1.807) is 0 Å². The maximum absolute atomic E-state index is 9.34. The summed E-state index contributed by atoms with van der Waals surface area (Å²) in [5, 5.41) is 12.8. The van der Waals surface area contributed by atoms with Crippen LogP contribution in [0.25, 0.3) is 0 Å². The van der Waals surface area contributed by atoms with Crippen LogP contribution in [-0.2, 0) is 10.9 Å². The Bertz CT molecular complexity index is 538. The van der Waals surface area contributed by atoms with Crippen LogP contribution in [0.2, 0.25) is 0 Å². The van der Waals surface area contributed by atoms with Crippen LogP contribution in [0.3, 0.4) is 0 Å². The van der Waals surface area contributed by atoms with Crippen molar-refractivity contribution >= 4 is 24.4 Å². The van der Waals surface area contributed by atoms with E-state index >= 15 is 0 Å². The second-order valence-electron chi connectivity index (χ2n) is 7.47. The number of aliphatic hydroxyl groups is 1. The second-order valence-corrected chi connectivity index (χ2v) is 14.6. The fourth-order valence-corrected chi connectivity index (χ4v) is 4.60. The van der Waals surface area contributed by atoms with Crippen molar-refractivity contribution in [2.75, 3.05) is 53.1 Å². The van der Waals surface area contributed by atoms with E-state index in [0.717, 1.165) is 30.0 Å². The average Bonchev–Trinajstić information content (AvgIpc) is 2.52. The molecule has 0 bridgehead atoms. The summed E-state index contributed by atoms with van der Waals surface area (Å²) in [7, 11) is -1.47. The molecule has 0 aliphatic heterocycles. The molecule has 1 aromatic carbocycles. The minimum atomic E-state index is -1.67. The van der Waals surface area contributed by atoms with E-state index in [2.05, 4.69) is 51.1 Å². The van der Waals surface area contributed by atoms with Gasteiger partial charge in [0, 0.05) is 0 Å². The summed E-state index contributed by atoms with van der Waals surface area (Å²) in [6, 6.07) is 5.93. The molecule has 0 heterocycles. The van der Waals surface area contributed by atoms with Gasteiger partial charge in [-0.1, -0.05) is 0 Å². The Labute approximate surface area is 162 Å². The van der Waals surface area contributed by atoms with E-state index in [0.29, 0.717) is 8.73 Å². The molecule has 152 valence electrons. The van der Waals surface area contributed by atoms with Crippen molar-refractivity contribution in [1.29, 1.82) is 0 Å². The molecule has 5 nitrogen and oxygen atoms in total. The van der Waals surface area contributed by atoms with E-state index in [-0.39, 0.29) is 18.8 Å². The normalized spacial score (nSPS) is 15.4. The van der Waals surface area contributed by atoms with Gasteiger partial charge in [-0.15, -0.1) is 0 Å². The van der Waals surface area contributed by atoms with Gasteiger partial charge in [-0.25, -0.2) is 0 Å². The summed E-state index contributed by atoms with van der Waals surface area (Å²) in [5.41, 5.74) is 1.06. The van der Waals surface area contributed by atoms with Gasteiger partial charge in [-0.2, -0.15) is 0 Å². The van der Waals surface area contributed by atoms with Crippen LogP contribution in [0.5, 0.6) is 11.5 Å². The fraction of sp³-hybridized carbons (Fsp3) is 0.667. The van der Waals surface area contributed by atoms with Crippen LogP contribution in [-0.4, -0.2) is 70.5 Å². The number of rotatable bonds is 12. The van der Waals surface area contributed by atoms with Crippen LogP contribution in [0.1, 0.15) is 12.5 Å². The van der Waals surface area contributed by atoms with Gasteiger partial charge in [0.2, 0.25) is 0 Å². The molecule has 3 atom stereocenters. The number of hydrogen-bond acceptors (Lipinski definition) is 5. The summed E-state index contributed by atoms with van der Waals surface area (Å²) < 4.78 is 18.2. The fourth-order valence-electron chi connectivity index (χ4n) is 2.47.